The summed E-state index contributed by atoms with van der Waals surface area (Å²) < 4.78 is 33.1. The molecule has 3 rings (SSSR count). The van der Waals surface area contributed by atoms with E-state index in [1.165, 1.54) is 4.31 Å². The Hall–Kier alpha value is -2.61. The largest absolute Gasteiger partial charge is 0.488 e. The smallest absolute Gasteiger partial charge is 0.265 e. The summed E-state index contributed by atoms with van der Waals surface area (Å²) >= 11 is 0. The number of nitrogens with one attached hydrogen (secondary N) is 1. The van der Waals surface area contributed by atoms with Crippen molar-refractivity contribution in [2.24, 2.45) is 5.92 Å². The van der Waals surface area contributed by atoms with Gasteiger partial charge in [0, 0.05) is 5.92 Å². The van der Waals surface area contributed by atoms with E-state index in [1.54, 1.807) is 30.3 Å². The van der Waals surface area contributed by atoms with E-state index in [2.05, 4.69) is 10.3 Å². The first-order valence-electron chi connectivity index (χ1n) is 8.87. The Morgan fingerprint density at radius 1 is 1.33 bits per heavy atom. The molecule has 0 saturated carbocycles. The van der Waals surface area contributed by atoms with E-state index in [-0.39, 0.29) is 35.7 Å². The molecule has 27 heavy (non-hydrogen) atoms. The predicted octanol–water partition coefficient (Wildman–Crippen LogP) is 2.96. The summed E-state index contributed by atoms with van der Waals surface area (Å²) in [4.78, 5) is 16.7. The fraction of sp³-hybridized carbons (Fsp3) is 0.368. The van der Waals surface area contributed by atoms with E-state index in [9.17, 15) is 13.2 Å². The van der Waals surface area contributed by atoms with Crippen LogP contribution < -0.4 is 14.4 Å². The lowest BCUT2D eigenvalue weighted by Gasteiger charge is -2.29. The van der Waals surface area contributed by atoms with E-state index >= 15 is 0 Å². The van der Waals surface area contributed by atoms with Gasteiger partial charge < -0.3 is 10.1 Å². The third-order valence-corrected chi connectivity index (χ3v) is 6.30. The molecule has 8 heteroatoms. The number of nitrogens with zero attached hydrogens (tertiary/aromatic N) is 2. The molecule has 1 aliphatic heterocycles. The summed E-state index contributed by atoms with van der Waals surface area (Å²) in [6.45, 7) is 5.98. The van der Waals surface area contributed by atoms with Crippen molar-refractivity contribution >= 4 is 27.6 Å². The van der Waals surface area contributed by atoms with Crippen LogP contribution in [-0.4, -0.2) is 32.5 Å². The lowest BCUT2D eigenvalue weighted by molar-refractivity contribution is -0.119. The summed E-state index contributed by atoms with van der Waals surface area (Å²) in [5.74, 6) is 0.540. The van der Waals surface area contributed by atoms with Gasteiger partial charge >= 0.3 is 0 Å². The van der Waals surface area contributed by atoms with Crippen molar-refractivity contribution in [3.05, 3.63) is 42.0 Å². The zero-order valence-corrected chi connectivity index (χ0v) is 16.4. The summed E-state index contributed by atoms with van der Waals surface area (Å²) in [7, 11) is -3.79. The Kier molecular flexibility index (Phi) is 5.36. The molecule has 1 aliphatic rings. The molecule has 2 heterocycles. The highest BCUT2D eigenvalue weighted by Crippen LogP contribution is 2.34. The van der Waals surface area contributed by atoms with E-state index < -0.39 is 10.0 Å². The molecule has 0 fully saturated rings. The van der Waals surface area contributed by atoms with Crippen molar-refractivity contribution in [2.45, 2.75) is 32.1 Å². The number of aryl methyl sites for hydroxylation is 1. The average Bonchev–Trinajstić information content (AvgIpc) is 2.66. The molecule has 0 spiro atoms. The van der Waals surface area contributed by atoms with E-state index in [0.29, 0.717) is 18.0 Å². The zero-order chi connectivity index (χ0) is 19.6. The Balaban J connectivity index is 1.97. The lowest BCUT2D eigenvalue weighted by Crippen LogP contribution is -2.38. The molecular weight excluding hydrogens is 366 g/mol. The van der Waals surface area contributed by atoms with Gasteiger partial charge in [-0.05, 0) is 43.2 Å². The highest BCUT2D eigenvalue weighted by molar-refractivity contribution is 7.92. The zero-order valence-electron chi connectivity index (χ0n) is 15.6. The van der Waals surface area contributed by atoms with Crippen molar-refractivity contribution < 1.29 is 17.9 Å². The van der Waals surface area contributed by atoms with Crippen LogP contribution in [0.5, 0.6) is 5.75 Å². The van der Waals surface area contributed by atoms with E-state index in [0.717, 1.165) is 5.56 Å². The van der Waals surface area contributed by atoms with Crippen LogP contribution in [0.2, 0.25) is 0 Å². The highest BCUT2D eigenvalue weighted by Gasteiger charge is 2.32. The van der Waals surface area contributed by atoms with Gasteiger partial charge in [-0.25, -0.2) is 17.7 Å². The Labute approximate surface area is 159 Å². The molecule has 1 aromatic heterocycles. The number of amides is 1. The highest BCUT2D eigenvalue weighted by atomic mass is 32.2. The maximum absolute atomic E-state index is 13.1. The predicted molar refractivity (Wildman–Crippen MR) is 104 cm³/mol. The van der Waals surface area contributed by atoms with Crippen LogP contribution in [0.25, 0.3) is 0 Å². The van der Waals surface area contributed by atoms with Gasteiger partial charge in [-0.3, -0.25) is 4.79 Å². The van der Waals surface area contributed by atoms with Gasteiger partial charge in [-0.2, -0.15) is 0 Å². The summed E-state index contributed by atoms with van der Waals surface area (Å²) in [6, 6.07) is 9.98. The Morgan fingerprint density at radius 3 is 2.81 bits per heavy atom. The van der Waals surface area contributed by atoms with Crippen molar-refractivity contribution in [1.29, 1.82) is 0 Å². The molecule has 1 N–H and O–H groups in total. The number of fused-ring (bicyclic) bond motifs is 1. The second-order valence-electron chi connectivity index (χ2n) is 6.56. The van der Waals surface area contributed by atoms with Crippen LogP contribution in [0.4, 0.5) is 11.6 Å². The Morgan fingerprint density at radius 2 is 2.11 bits per heavy atom. The van der Waals surface area contributed by atoms with Gasteiger partial charge in [-0.1, -0.05) is 26.0 Å². The first kappa shape index (κ1) is 19.2. The van der Waals surface area contributed by atoms with Crippen LogP contribution in [0.1, 0.15) is 25.8 Å². The average molecular weight is 389 g/mol. The number of carbonyl (C=O) groups excluding carboxylic acids is 1. The van der Waals surface area contributed by atoms with Gasteiger partial charge in [0.2, 0.25) is 5.91 Å². The normalized spacial score (nSPS) is 14.9. The second kappa shape index (κ2) is 7.56. The number of hydrogen-bond donors (Lipinski definition) is 1. The number of pyridine rings is 1. The second-order valence-corrected chi connectivity index (χ2v) is 8.42. The van der Waals surface area contributed by atoms with Gasteiger partial charge in [0.1, 0.15) is 12.4 Å². The minimum Gasteiger partial charge on any atom is -0.488 e. The minimum absolute atomic E-state index is 0.152. The summed E-state index contributed by atoms with van der Waals surface area (Å²) in [6.07, 6.45) is 0.702. The number of benzene rings is 1. The molecule has 2 aromatic rings. The number of anilines is 2. The van der Waals surface area contributed by atoms with Gasteiger partial charge in [0.25, 0.3) is 10.0 Å². The molecule has 144 valence electrons. The molecule has 0 bridgehead atoms. The fourth-order valence-corrected chi connectivity index (χ4v) is 4.23. The van der Waals surface area contributed by atoms with E-state index in [4.69, 9.17) is 4.74 Å². The van der Waals surface area contributed by atoms with Crippen molar-refractivity contribution in [3.63, 3.8) is 0 Å². The molecule has 1 atom stereocenters. The van der Waals surface area contributed by atoms with Gasteiger partial charge in [0.15, 0.2) is 11.6 Å². The molecule has 1 unspecified atom stereocenters. The third-order valence-electron chi connectivity index (χ3n) is 4.52. The molecule has 0 aliphatic carbocycles. The van der Waals surface area contributed by atoms with Gasteiger partial charge in [-0.15, -0.1) is 0 Å². The van der Waals surface area contributed by atoms with Crippen LogP contribution in [-0.2, 0) is 14.8 Å². The minimum atomic E-state index is -3.79. The molecule has 0 radical (unpaired) electrons. The number of aromatic nitrogens is 1. The topological polar surface area (TPSA) is 88.6 Å². The van der Waals surface area contributed by atoms with Crippen molar-refractivity contribution in [3.8, 4) is 5.75 Å². The van der Waals surface area contributed by atoms with Crippen molar-refractivity contribution in [1.82, 2.24) is 4.98 Å². The summed E-state index contributed by atoms with van der Waals surface area (Å²) in [5, 5.41) is 2.74. The maximum atomic E-state index is 13.1. The summed E-state index contributed by atoms with van der Waals surface area (Å²) in [5.41, 5.74) is 0.854. The van der Waals surface area contributed by atoms with Crippen LogP contribution in [0.3, 0.4) is 0 Å². The molecule has 7 nitrogen and oxygen atoms in total. The Bertz CT molecular complexity index is 959. The fourth-order valence-electron chi connectivity index (χ4n) is 2.71. The van der Waals surface area contributed by atoms with E-state index in [1.807, 2.05) is 26.8 Å². The molecule has 1 aromatic carbocycles. The van der Waals surface area contributed by atoms with Crippen molar-refractivity contribution in [2.75, 3.05) is 22.8 Å². The monoisotopic (exact) mass is 389 g/mol. The first-order chi connectivity index (χ1) is 12.8. The first-order valence-corrected chi connectivity index (χ1v) is 10.3. The molecular formula is C19H23N3O4S. The quantitative estimate of drug-likeness (QED) is 0.849. The lowest BCUT2D eigenvalue weighted by atomic mass is 10.1. The third kappa shape index (κ3) is 3.90. The maximum Gasteiger partial charge on any atom is 0.265 e. The number of sulfonamides is 1. The molecule has 1 amide bonds. The molecule has 0 saturated heterocycles. The van der Waals surface area contributed by atoms with Crippen LogP contribution >= 0.6 is 0 Å². The van der Waals surface area contributed by atoms with Crippen LogP contribution in [0, 0.1) is 12.8 Å². The number of carbonyl (C=O) groups is 1. The van der Waals surface area contributed by atoms with Crippen LogP contribution in [0.15, 0.2) is 41.3 Å². The standard InChI is InChI=1S/C19H23N3O4S/c1-4-14(3)19(23)21-17-9-8-16-18(20-17)22(10-11-26-16)27(24,25)15-7-5-6-13(2)12-15/h5-9,12,14H,4,10-11H2,1-3H3,(H,20,21,23). The van der Waals surface area contributed by atoms with Gasteiger partial charge in [0.05, 0.1) is 11.4 Å². The number of ether oxygens (including phenoxy) is 1. The number of hydrogen-bond acceptors (Lipinski definition) is 5. The number of rotatable bonds is 5. The SMILES string of the molecule is CCC(C)C(=O)Nc1ccc2c(n1)N(S(=O)(=O)c1cccc(C)c1)CCO2.